The SMILES string of the molecule is CC1(C)c2cc(-c3ccccc3)ccc2-c2ccc(-c3ccc4c(c3)C(C)(C)c3cc(-c5ccc6c(c5)C(C)(C)c5cc(-c7c(-c8ccccc8)ccc(-c8ccccc8)c7-c7ccccc7)ccc5-6)ccc3-4)cc21. The van der Waals surface area contributed by atoms with Crippen LogP contribution < -0.4 is 0 Å². The van der Waals surface area contributed by atoms with Crippen LogP contribution in [0.5, 0.6) is 0 Å². The summed E-state index contributed by atoms with van der Waals surface area (Å²) in [5.74, 6) is 0. The van der Waals surface area contributed by atoms with Crippen LogP contribution in [0.15, 0.2) is 243 Å². The minimum Gasteiger partial charge on any atom is -0.0622 e. The van der Waals surface area contributed by atoms with Gasteiger partial charge in [0, 0.05) is 16.2 Å². The molecule has 0 saturated carbocycles. The van der Waals surface area contributed by atoms with Crippen LogP contribution in [0.2, 0.25) is 0 Å². The summed E-state index contributed by atoms with van der Waals surface area (Å²) in [6.45, 7) is 14.5. The molecule has 0 aromatic heterocycles. The van der Waals surface area contributed by atoms with Gasteiger partial charge in [0.25, 0.3) is 0 Å². The maximum atomic E-state index is 2.51. The summed E-state index contributed by atoms with van der Waals surface area (Å²) >= 11 is 0. The minimum atomic E-state index is -0.225. The molecule has 11 aromatic rings. The Morgan fingerprint density at radius 3 is 0.693 bits per heavy atom. The first-order chi connectivity index (χ1) is 36.4. The Morgan fingerprint density at radius 2 is 0.387 bits per heavy atom. The molecule has 0 radical (unpaired) electrons. The highest BCUT2D eigenvalue weighted by molar-refractivity contribution is 6.02. The molecule has 0 fully saturated rings. The average Bonchev–Trinajstić information content (AvgIpc) is 3.93. The molecule has 14 rings (SSSR count). The van der Waals surface area contributed by atoms with Crippen molar-refractivity contribution < 1.29 is 0 Å². The lowest BCUT2D eigenvalue weighted by molar-refractivity contribution is 0.659. The van der Waals surface area contributed by atoms with Crippen molar-refractivity contribution in [3.05, 3.63) is 276 Å². The molecular weight excluding hydrogens is 901 g/mol. The first-order valence-corrected chi connectivity index (χ1v) is 26.7. The monoisotopic (exact) mass is 958 g/mol. The number of hydrogen-bond donors (Lipinski definition) is 0. The highest BCUT2D eigenvalue weighted by Gasteiger charge is 2.40. The van der Waals surface area contributed by atoms with Gasteiger partial charge in [-0.3, -0.25) is 0 Å². The second-order valence-electron chi connectivity index (χ2n) is 22.8. The topological polar surface area (TPSA) is 0 Å². The van der Waals surface area contributed by atoms with Gasteiger partial charge in [-0.05, 0) is 181 Å². The van der Waals surface area contributed by atoms with Gasteiger partial charge >= 0.3 is 0 Å². The van der Waals surface area contributed by atoms with E-state index in [2.05, 4.69) is 284 Å². The van der Waals surface area contributed by atoms with Gasteiger partial charge in [0.05, 0.1) is 0 Å². The van der Waals surface area contributed by atoms with Crippen molar-refractivity contribution in [2.45, 2.75) is 57.8 Å². The molecule has 0 atom stereocenters. The van der Waals surface area contributed by atoms with Gasteiger partial charge in [0.1, 0.15) is 0 Å². The summed E-state index contributed by atoms with van der Waals surface area (Å²) in [5, 5.41) is 0. The number of rotatable bonds is 7. The number of fused-ring (bicyclic) bond motifs is 9. The van der Waals surface area contributed by atoms with Crippen LogP contribution in [0.25, 0.3) is 111 Å². The molecule has 0 nitrogen and oxygen atoms in total. The zero-order chi connectivity index (χ0) is 50.8. The van der Waals surface area contributed by atoms with E-state index in [1.54, 1.807) is 0 Å². The van der Waals surface area contributed by atoms with Gasteiger partial charge in [-0.1, -0.05) is 248 Å². The van der Waals surface area contributed by atoms with E-state index >= 15 is 0 Å². The Kier molecular flexibility index (Phi) is 10.0. The molecule has 3 aliphatic carbocycles. The number of benzene rings is 11. The summed E-state index contributed by atoms with van der Waals surface area (Å²) in [5.41, 5.74) is 33.3. The van der Waals surface area contributed by atoms with E-state index in [0.29, 0.717) is 0 Å². The summed E-state index contributed by atoms with van der Waals surface area (Å²) in [6.07, 6.45) is 0. The quantitative estimate of drug-likeness (QED) is 0.149. The maximum absolute atomic E-state index is 2.51. The second kappa shape index (κ2) is 16.7. The van der Waals surface area contributed by atoms with Crippen LogP contribution in [0.1, 0.15) is 74.9 Å². The molecule has 0 aliphatic heterocycles. The fourth-order valence-electron chi connectivity index (χ4n) is 13.4. The predicted octanol–water partition coefficient (Wildman–Crippen LogP) is 20.3. The summed E-state index contributed by atoms with van der Waals surface area (Å²) in [6, 6.07) is 91.3. The van der Waals surface area contributed by atoms with E-state index in [1.807, 2.05) is 0 Å². The minimum absolute atomic E-state index is 0.110. The van der Waals surface area contributed by atoms with E-state index in [4.69, 9.17) is 0 Å². The van der Waals surface area contributed by atoms with Crippen LogP contribution in [0.4, 0.5) is 0 Å². The Bertz CT molecular complexity index is 4090. The lowest BCUT2D eigenvalue weighted by Crippen LogP contribution is -2.16. The molecule has 0 N–H and O–H groups in total. The van der Waals surface area contributed by atoms with E-state index in [9.17, 15) is 0 Å². The molecule has 11 aromatic carbocycles. The average molecular weight is 959 g/mol. The zero-order valence-electron chi connectivity index (χ0n) is 43.6. The first-order valence-electron chi connectivity index (χ1n) is 26.7. The van der Waals surface area contributed by atoms with Gasteiger partial charge in [-0.2, -0.15) is 0 Å². The van der Waals surface area contributed by atoms with Crippen molar-refractivity contribution >= 4 is 0 Å². The molecular formula is C75H58. The largest absolute Gasteiger partial charge is 0.0622 e. The van der Waals surface area contributed by atoms with Crippen LogP contribution in [-0.4, -0.2) is 0 Å². The molecule has 0 heterocycles. The number of hydrogen-bond acceptors (Lipinski definition) is 0. The van der Waals surface area contributed by atoms with Crippen LogP contribution >= 0.6 is 0 Å². The van der Waals surface area contributed by atoms with E-state index in [-0.39, 0.29) is 16.2 Å². The fourth-order valence-corrected chi connectivity index (χ4v) is 13.4. The highest BCUT2D eigenvalue weighted by Crippen LogP contribution is 2.56. The second-order valence-corrected chi connectivity index (χ2v) is 22.8. The van der Waals surface area contributed by atoms with Crippen molar-refractivity contribution in [3.8, 4) is 111 Å². The first kappa shape index (κ1) is 45.1. The molecule has 75 heavy (non-hydrogen) atoms. The zero-order valence-corrected chi connectivity index (χ0v) is 43.6. The molecule has 358 valence electrons. The molecule has 0 bridgehead atoms. The normalized spacial score (nSPS) is 14.6. The Labute approximate surface area is 442 Å². The van der Waals surface area contributed by atoms with E-state index in [1.165, 1.54) is 145 Å². The maximum Gasteiger partial charge on any atom is 0.0159 e. The molecule has 0 spiro atoms. The van der Waals surface area contributed by atoms with Gasteiger partial charge < -0.3 is 0 Å². The van der Waals surface area contributed by atoms with Crippen molar-refractivity contribution in [3.63, 3.8) is 0 Å². The van der Waals surface area contributed by atoms with Gasteiger partial charge in [-0.25, -0.2) is 0 Å². The molecule has 0 heteroatoms. The predicted molar refractivity (Wildman–Crippen MR) is 317 cm³/mol. The van der Waals surface area contributed by atoms with Crippen LogP contribution in [0, 0.1) is 0 Å². The van der Waals surface area contributed by atoms with Crippen molar-refractivity contribution in [1.29, 1.82) is 0 Å². The lowest BCUT2D eigenvalue weighted by Gasteiger charge is -2.25. The molecule has 0 saturated heterocycles. The molecule has 0 unspecified atom stereocenters. The molecule has 3 aliphatic rings. The summed E-state index contributed by atoms with van der Waals surface area (Å²) < 4.78 is 0. The fraction of sp³-hybridized carbons (Fsp3) is 0.120. The third-order valence-electron chi connectivity index (χ3n) is 17.5. The van der Waals surface area contributed by atoms with Gasteiger partial charge in [-0.15, -0.1) is 0 Å². The molecule has 0 amide bonds. The van der Waals surface area contributed by atoms with Crippen LogP contribution in [-0.2, 0) is 16.2 Å². The van der Waals surface area contributed by atoms with Gasteiger partial charge in [0.15, 0.2) is 0 Å². The lowest BCUT2D eigenvalue weighted by atomic mass is 9.78. The summed E-state index contributed by atoms with van der Waals surface area (Å²) in [7, 11) is 0. The summed E-state index contributed by atoms with van der Waals surface area (Å²) in [4.78, 5) is 0. The van der Waals surface area contributed by atoms with E-state index in [0.717, 1.165) is 0 Å². The Balaban J connectivity index is 0.802. The third kappa shape index (κ3) is 6.96. The van der Waals surface area contributed by atoms with Crippen molar-refractivity contribution in [1.82, 2.24) is 0 Å². The Morgan fingerprint density at radius 1 is 0.173 bits per heavy atom. The van der Waals surface area contributed by atoms with Crippen LogP contribution in [0.3, 0.4) is 0 Å². The third-order valence-corrected chi connectivity index (χ3v) is 17.5. The van der Waals surface area contributed by atoms with Gasteiger partial charge in [0.2, 0.25) is 0 Å². The van der Waals surface area contributed by atoms with Crippen molar-refractivity contribution in [2.75, 3.05) is 0 Å². The van der Waals surface area contributed by atoms with Crippen molar-refractivity contribution in [2.24, 2.45) is 0 Å². The standard InChI is InChI=1S/C75H58/c1-73(2)65-41-51(47-19-11-7-12-20-47)27-33-59(65)60-34-28-52(42-66(60)73)53-29-35-61-62-36-30-54(44-68(62)74(3,4)67(61)43-53)55-31-37-63-64-38-32-56(46-70(64)75(5,6)69(63)45-55)72-58(49-23-15-9-16-24-49)40-39-57(48-21-13-8-14-22-48)71(72)50-25-17-10-18-26-50/h7-46H,1-6H3. The van der Waals surface area contributed by atoms with E-state index < -0.39 is 0 Å². The smallest absolute Gasteiger partial charge is 0.0159 e. The highest BCUT2D eigenvalue weighted by atomic mass is 14.4. The Hall–Kier alpha value is -8.58.